The molecule has 0 aliphatic heterocycles. The van der Waals surface area contributed by atoms with Gasteiger partial charge >= 0.3 is 59.7 Å². The van der Waals surface area contributed by atoms with Crippen LogP contribution in [0.25, 0.3) is 18.2 Å². The molecule has 0 fully saturated rings. The molecule has 0 radical (unpaired) electrons. The molecule has 0 aliphatic carbocycles. The predicted octanol–water partition coefficient (Wildman–Crippen LogP) is 24.3. The Kier molecular flexibility index (Phi) is 55.0. The summed E-state index contributed by atoms with van der Waals surface area (Å²) in [6.45, 7) is 30.3. The molecule has 738 valence electrons. The summed E-state index contributed by atoms with van der Waals surface area (Å²) in [6.07, 6.45) is 12.1. The van der Waals surface area contributed by atoms with E-state index in [1.807, 2.05) is 175 Å². The highest BCUT2D eigenvalue weighted by Gasteiger charge is 2.30. The van der Waals surface area contributed by atoms with Gasteiger partial charge < -0.3 is 57.6 Å². The van der Waals surface area contributed by atoms with Crippen LogP contribution in [-0.4, -0.2) is 143 Å². The van der Waals surface area contributed by atoms with Crippen molar-refractivity contribution in [3.05, 3.63) is 390 Å². The summed E-state index contributed by atoms with van der Waals surface area (Å²) in [5, 5.41) is 18.1. The fourth-order valence-electron chi connectivity index (χ4n) is 13.5. The van der Waals surface area contributed by atoms with Crippen LogP contribution in [0.2, 0.25) is 0 Å². The van der Waals surface area contributed by atoms with Gasteiger partial charge in [-0.1, -0.05) is 280 Å². The second-order valence-electron chi connectivity index (χ2n) is 34.3. The van der Waals surface area contributed by atoms with Gasteiger partial charge in [-0.25, -0.2) is 47.9 Å². The largest absolute Gasteiger partial charge is 0.459 e. The van der Waals surface area contributed by atoms with Crippen LogP contribution >= 0.6 is 0 Å². The third-order valence-electron chi connectivity index (χ3n) is 20.7. The van der Waals surface area contributed by atoms with Crippen molar-refractivity contribution in [3.8, 4) is 0 Å². The van der Waals surface area contributed by atoms with Crippen LogP contribution in [-0.2, 0) is 61.8 Å². The Morgan fingerprint density at radius 3 is 0.712 bits per heavy atom. The zero-order chi connectivity index (χ0) is 102. The highest BCUT2D eigenvalue weighted by Crippen LogP contribution is 2.25. The lowest BCUT2D eigenvalue weighted by molar-refractivity contribution is -0.148. The van der Waals surface area contributed by atoms with Crippen LogP contribution in [0.3, 0.4) is 0 Å². The zero-order valence-electron chi connectivity index (χ0n) is 82.4. The van der Waals surface area contributed by atoms with E-state index in [9.17, 15) is 53.1 Å². The van der Waals surface area contributed by atoms with Crippen LogP contribution in [0, 0.1) is 17.8 Å². The molecule has 22 heteroatoms. The smallest absolute Gasteiger partial charge is 0.338 e. The van der Waals surface area contributed by atoms with E-state index < -0.39 is 30.0 Å². The maximum absolute atomic E-state index is 12.4. The average molecular weight is 1900 g/mol. The number of aliphatic hydroxyl groups is 2. The molecule has 0 aromatic heterocycles. The first-order valence-corrected chi connectivity index (χ1v) is 47.3. The Balaban J connectivity index is 0.000000299. The standard InChI is InChI=1S/C23H28O4.C23H24O4.2C21H22O4.C21H24O4.C8H18O2/c1-16(2)20(26-22(24)18-11-7-5-8-12-18)15-21(17(3)4)27-23(25)19-13-9-6-10-14-19;1-18(26-22(24)15-13-20-9-5-3-6-10-20)17-19(2)27-23(25)16-14-21-11-7-4-8-12-21;1-16(24-20(22)14-13-18-9-5-3-6-10-18)15-17(2)25-21(23)19-11-7-4-8-12-19;1-3-10-19(25-21(23)18-13-8-5-9-14-18)15-16(2)24-20(22)17-11-6-4-7-12-17;1-3-18(24-20(22)16-11-7-5-8-12-16)15-19(4-2)25-21(23)17-13-9-6-10-14-17;1-6(2)4-8(10)5-7(3)9/h5-14,16-17,20-21H,15H2,1-4H3;3-16,18-19H,17H2,1-2H3;3-14,16-17H,15H2,1-2H3;3-9,11-14,16,19H,1,10,15H2,2H3;5-14,18-19H,3-4,15H2,1-2H3;6-10H,4-5H2,1-3H3. The highest BCUT2D eigenvalue weighted by molar-refractivity contribution is 5.93. The lowest BCUT2D eigenvalue weighted by Gasteiger charge is -2.28. The summed E-state index contributed by atoms with van der Waals surface area (Å²) in [7, 11) is 0. The van der Waals surface area contributed by atoms with Gasteiger partial charge in [-0.2, -0.15) is 0 Å². The van der Waals surface area contributed by atoms with E-state index in [1.165, 1.54) is 18.2 Å². The Morgan fingerprint density at radius 2 is 0.482 bits per heavy atom. The molecule has 10 aromatic rings. The van der Waals surface area contributed by atoms with E-state index in [2.05, 4.69) is 20.4 Å². The molecular formula is C117H138O22. The van der Waals surface area contributed by atoms with Crippen LogP contribution in [0.1, 0.15) is 250 Å². The fourth-order valence-corrected chi connectivity index (χ4v) is 13.5. The Hall–Kier alpha value is -14.2. The van der Waals surface area contributed by atoms with Crippen LogP contribution in [0.4, 0.5) is 0 Å². The molecular weight excluding hydrogens is 1760 g/mol. The number of carbonyl (C=O) groups is 10. The van der Waals surface area contributed by atoms with Gasteiger partial charge in [0.1, 0.15) is 61.0 Å². The number of aliphatic hydroxyl groups excluding tert-OH is 2. The van der Waals surface area contributed by atoms with Crippen molar-refractivity contribution in [3.63, 3.8) is 0 Å². The van der Waals surface area contributed by atoms with Crippen molar-refractivity contribution in [2.24, 2.45) is 17.8 Å². The predicted molar refractivity (Wildman–Crippen MR) is 544 cm³/mol. The molecule has 0 saturated heterocycles. The number of esters is 10. The van der Waals surface area contributed by atoms with Gasteiger partial charge in [-0.3, -0.25) is 0 Å². The molecule has 0 heterocycles. The topological polar surface area (TPSA) is 303 Å². The van der Waals surface area contributed by atoms with Crippen LogP contribution in [0.5, 0.6) is 0 Å². The number of benzene rings is 10. The molecule has 2 N–H and O–H groups in total. The summed E-state index contributed by atoms with van der Waals surface area (Å²) in [6, 6.07) is 90.6. The second kappa shape index (κ2) is 66.3. The minimum atomic E-state index is -0.422. The highest BCUT2D eigenvalue weighted by atomic mass is 16.6. The Bertz CT molecular complexity index is 5070. The molecule has 10 aromatic carbocycles. The summed E-state index contributed by atoms with van der Waals surface area (Å²) in [5.74, 6) is -3.12. The van der Waals surface area contributed by atoms with Crippen LogP contribution in [0.15, 0.2) is 334 Å². The number of hydrogen-bond donors (Lipinski definition) is 2. The Labute approximate surface area is 820 Å². The lowest BCUT2D eigenvalue weighted by Crippen LogP contribution is -2.33. The zero-order valence-corrected chi connectivity index (χ0v) is 82.4. The van der Waals surface area contributed by atoms with Gasteiger partial charge in [-0.05, 0) is 205 Å². The minimum absolute atomic E-state index is 0.106. The quantitative estimate of drug-likeness (QED) is 0.0155. The molecule has 0 spiro atoms. The molecule has 0 aliphatic rings. The molecule has 139 heavy (non-hydrogen) atoms. The van der Waals surface area contributed by atoms with Gasteiger partial charge in [-0.15, -0.1) is 6.58 Å². The van der Waals surface area contributed by atoms with Crippen molar-refractivity contribution in [2.45, 2.75) is 234 Å². The number of rotatable bonds is 43. The number of ether oxygens (including phenoxy) is 10. The third-order valence-corrected chi connectivity index (χ3v) is 20.7. The number of carbonyl (C=O) groups excluding carboxylic acids is 10. The van der Waals surface area contributed by atoms with Crippen LogP contribution < -0.4 is 0 Å². The molecule has 22 nitrogen and oxygen atoms in total. The average Bonchev–Trinajstić information content (AvgIpc) is 0.871. The summed E-state index contributed by atoms with van der Waals surface area (Å²) in [4.78, 5) is 121. The van der Waals surface area contributed by atoms with Crippen molar-refractivity contribution in [2.75, 3.05) is 0 Å². The summed E-state index contributed by atoms with van der Waals surface area (Å²) < 4.78 is 54.9. The summed E-state index contributed by atoms with van der Waals surface area (Å²) in [5.41, 5.74) is 6.36. The lowest BCUT2D eigenvalue weighted by atomic mass is 9.94. The van der Waals surface area contributed by atoms with Crippen molar-refractivity contribution in [1.29, 1.82) is 0 Å². The molecule has 12 atom stereocenters. The third kappa shape index (κ3) is 49.9. The maximum atomic E-state index is 12.4. The van der Waals surface area contributed by atoms with E-state index in [4.69, 9.17) is 52.5 Å². The molecule has 0 saturated carbocycles. The van der Waals surface area contributed by atoms with Crippen molar-refractivity contribution < 1.29 is 106 Å². The maximum Gasteiger partial charge on any atom is 0.338 e. The first-order chi connectivity index (χ1) is 66.7. The summed E-state index contributed by atoms with van der Waals surface area (Å²) >= 11 is 0. The molecule has 10 rings (SSSR count). The fraction of sp³-hybridized carbons (Fsp3) is 0.333. The molecule has 0 amide bonds. The van der Waals surface area contributed by atoms with Gasteiger partial charge in [0.15, 0.2) is 0 Å². The van der Waals surface area contributed by atoms with E-state index in [0.717, 1.165) is 23.1 Å². The van der Waals surface area contributed by atoms with Crippen molar-refractivity contribution >= 4 is 77.9 Å². The van der Waals surface area contributed by atoms with Crippen molar-refractivity contribution in [1.82, 2.24) is 0 Å². The van der Waals surface area contributed by atoms with Gasteiger partial charge in [0.2, 0.25) is 0 Å². The first kappa shape index (κ1) is 115. The van der Waals surface area contributed by atoms with E-state index in [-0.39, 0.29) is 115 Å². The monoisotopic (exact) mass is 1890 g/mol. The number of hydrogen-bond acceptors (Lipinski definition) is 22. The van der Waals surface area contributed by atoms with E-state index in [0.29, 0.717) is 103 Å². The minimum Gasteiger partial charge on any atom is -0.459 e. The molecule has 0 bridgehead atoms. The molecule has 12 unspecified atom stereocenters. The Morgan fingerprint density at radius 1 is 0.259 bits per heavy atom. The first-order valence-electron chi connectivity index (χ1n) is 47.3. The van der Waals surface area contributed by atoms with Gasteiger partial charge in [0.05, 0.1) is 51.2 Å². The SMILES string of the molecule is C=CCC(CC(C)OC(=O)c1ccccc1)OC(=O)c1ccccc1.CC(C)C(CC(OC(=O)c1ccccc1)C(C)C)OC(=O)c1ccccc1.CC(C)CC(O)CC(C)O.CC(CC(C)OC(=O)C=Cc1ccccc1)OC(=O)C=Cc1ccccc1.CC(CC(C)OC(=O)c1ccccc1)OC(=O)C=Cc1ccccc1.CCC(CC(CC)OC(=O)c1ccccc1)OC(=O)c1ccccc1. The second-order valence-corrected chi connectivity index (χ2v) is 34.3. The normalized spacial score (nSPS) is 13.4. The van der Waals surface area contributed by atoms with Gasteiger partial charge in [0.25, 0.3) is 0 Å². The van der Waals surface area contributed by atoms with Gasteiger partial charge in [0, 0.05) is 56.8 Å². The van der Waals surface area contributed by atoms with E-state index in [1.54, 1.807) is 236 Å². The van der Waals surface area contributed by atoms with E-state index >= 15 is 0 Å².